The first-order valence-corrected chi connectivity index (χ1v) is 4.00. The van der Waals surface area contributed by atoms with Crippen molar-refractivity contribution in [3.8, 4) is 5.40 Å². The molecule has 0 heterocycles. The molecule has 0 radical (unpaired) electrons. The number of thioether (sulfide) groups is 1. The molecule has 0 aromatic rings. The van der Waals surface area contributed by atoms with E-state index in [1.54, 1.807) is 0 Å². The second kappa shape index (κ2) is 3.58. The molecule has 1 rings (SSSR count). The first-order chi connectivity index (χ1) is 4.43. The van der Waals surface area contributed by atoms with Crippen molar-refractivity contribution in [2.45, 2.75) is 25.7 Å². The molecule has 0 aliphatic heterocycles. The summed E-state index contributed by atoms with van der Waals surface area (Å²) >= 11 is 1.32. The van der Waals surface area contributed by atoms with Gasteiger partial charge in [0, 0.05) is 0 Å². The number of allylic oxidation sites excluding steroid dienone is 2. The maximum atomic E-state index is 8.29. The van der Waals surface area contributed by atoms with Gasteiger partial charge in [0.05, 0.1) is 0 Å². The topological polar surface area (TPSA) is 23.8 Å². The van der Waals surface area contributed by atoms with Crippen molar-refractivity contribution >= 4 is 11.8 Å². The van der Waals surface area contributed by atoms with Crippen LogP contribution in [0.5, 0.6) is 0 Å². The van der Waals surface area contributed by atoms with Gasteiger partial charge in [0.15, 0.2) is 0 Å². The van der Waals surface area contributed by atoms with E-state index in [-0.39, 0.29) is 0 Å². The van der Waals surface area contributed by atoms with Gasteiger partial charge >= 0.3 is 0 Å². The van der Waals surface area contributed by atoms with E-state index >= 15 is 0 Å². The third-order valence-corrected chi connectivity index (χ3v) is 2.15. The van der Waals surface area contributed by atoms with E-state index in [9.17, 15) is 0 Å². The van der Waals surface area contributed by atoms with Crippen LogP contribution in [0, 0.1) is 10.7 Å². The van der Waals surface area contributed by atoms with Gasteiger partial charge in [-0.25, -0.2) is 0 Å². The first kappa shape index (κ1) is 6.70. The smallest absolute Gasteiger partial charge is 0.138 e. The molecule has 0 N–H and O–H groups in total. The summed E-state index contributed by atoms with van der Waals surface area (Å²) < 4.78 is 0. The van der Waals surface area contributed by atoms with Crippen LogP contribution in [0.1, 0.15) is 25.7 Å². The second-order valence-corrected chi connectivity index (χ2v) is 3.02. The summed E-state index contributed by atoms with van der Waals surface area (Å²) in [6.07, 6.45) is 7.04. The molecule has 0 unspecified atom stereocenters. The van der Waals surface area contributed by atoms with Gasteiger partial charge in [-0.3, -0.25) is 0 Å². The Balaban J connectivity index is 2.39. The standard InChI is InChI=1S/C7H9NS/c8-6-9-7-4-2-1-3-5-7/h4H,1-3,5H2. The van der Waals surface area contributed by atoms with Crippen LogP contribution in [0.15, 0.2) is 11.0 Å². The first-order valence-electron chi connectivity index (χ1n) is 3.18. The SMILES string of the molecule is N#CSC1=CCCCC1. The molecule has 0 bridgehead atoms. The number of hydrogen-bond acceptors (Lipinski definition) is 2. The number of nitriles is 1. The molecule has 1 aliphatic carbocycles. The molecule has 0 aromatic heterocycles. The molecule has 0 saturated carbocycles. The fraction of sp³-hybridized carbons (Fsp3) is 0.571. The fourth-order valence-electron chi connectivity index (χ4n) is 0.960. The summed E-state index contributed by atoms with van der Waals surface area (Å²) in [6, 6.07) is 0. The summed E-state index contributed by atoms with van der Waals surface area (Å²) in [5.41, 5.74) is 0. The normalized spacial score (nSPS) is 18.3. The third kappa shape index (κ3) is 2.11. The van der Waals surface area contributed by atoms with Crippen LogP contribution < -0.4 is 0 Å². The van der Waals surface area contributed by atoms with Gasteiger partial charge in [-0.15, -0.1) is 0 Å². The maximum Gasteiger partial charge on any atom is 0.138 e. The van der Waals surface area contributed by atoms with E-state index < -0.39 is 0 Å². The second-order valence-electron chi connectivity index (χ2n) is 2.11. The van der Waals surface area contributed by atoms with Gasteiger partial charge in [0.25, 0.3) is 0 Å². The molecule has 0 spiro atoms. The lowest BCUT2D eigenvalue weighted by atomic mass is 10.1. The fourth-order valence-corrected chi connectivity index (χ4v) is 1.52. The van der Waals surface area contributed by atoms with E-state index in [0.29, 0.717) is 0 Å². The summed E-state index contributed by atoms with van der Waals surface area (Å²) in [6.45, 7) is 0. The maximum absolute atomic E-state index is 8.29. The number of thiocyanates is 1. The molecule has 2 heteroatoms. The minimum atomic E-state index is 1.12. The largest absolute Gasteiger partial charge is 0.185 e. The Morgan fingerprint density at radius 1 is 1.56 bits per heavy atom. The summed E-state index contributed by atoms with van der Waals surface area (Å²) in [4.78, 5) is 1.27. The van der Waals surface area contributed by atoms with E-state index in [4.69, 9.17) is 5.26 Å². The Kier molecular flexibility index (Phi) is 2.66. The van der Waals surface area contributed by atoms with Crippen LogP contribution in [-0.2, 0) is 0 Å². The Bertz CT molecular complexity index is 155. The van der Waals surface area contributed by atoms with Crippen LogP contribution in [0.4, 0.5) is 0 Å². The molecule has 0 aromatic carbocycles. The minimum absolute atomic E-state index is 1.12. The van der Waals surface area contributed by atoms with Crippen LogP contribution in [0.25, 0.3) is 0 Å². The molecular formula is C7H9NS. The molecular weight excluding hydrogens is 130 g/mol. The lowest BCUT2D eigenvalue weighted by Gasteiger charge is -2.06. The van der Waals surface area contributed by atoms with Gasteiger partial charge < -0.3 is 0 Å². The lowest BCUT2D eigenvalue weighted by Crippen LogP contribution is -1.85. The molecule has 0 saturated heterocycles. The van der Waals surface area contributed by atoms with Gasteiger partial charge in [0.1, 0.15) is 5.40 Å². The average Bonchev–Trinajstić information content (AvgIpc) is 1.91. The number of rotatable bonds is 1. The Hall–Kier alpha value is -0.420. The van der Waals surface area contributed by atoms with Crippen molar-refractivity contribution in [1.29, 1.82) is 5.26 Å². The highest BCUT2D eigenvalue weighted by molar-refractivity contribution is 8.07. The molecule has 0 amide bonds. The highest BCUT2D eigenvalue weighted by Gasteiger charge is 2.01. The molecule has 9 heavy (non-hydrogen) atoms. The van der Waals surface area contributed by atoms with Crippen molar-refractivity contribution in [2.24, 2.45) is 0 Å². The van der Waals surface area contributed by atoms with E-state index in [1.807, 2.05) is 0 Å². The number of hydrogen-bond donors (Lipinski definition) is 0. The Morgan fingerprint density at radius 2 is 2.44 bits per heavy atom. The highest BCUT2D eigenvalue weighted by atomic mass is 32.2. The lowest BCUT2D eigenvalue weighted by molar-refractivity contribution is 0.724. The molecule has 0 atom stereocenters. The van der Waals surface area contributed by atoms with Crippen molar-refractivity contribution in [3.05, 3.63) is 11.0 Å². The number of nitrogens with zero attached hydrogens (tertiary/aromatic N) is 1. The van der Waals surface area contributed by atoms with Crippen LogP contribution in [-0.4, -0.2) is 0 Å². The molecule has 48 valence electrons. The molecule has 1 aliphatic rings. The van der Waals surface area contributed by atoms with Crippen LogP contribution >= 0.6 is 11.8 Å². The van der Waals surface area contributed by atoms with E-state index in [1.165, 1.54) is 35.9 Å². The zero-order valence-electron chi connectivity index (χ0n) is 5.26. The third-order valence-electron chi connectivity index (χ3n) is 1.43. The Labute approximate surface area is 59.7 Å². The van der Waals surface area contributed by atoms with Crippen molar-refractivity contribution in [3.63, 3.8) is 0 Å². The van der Waals surface area contributed by atoms with Gasteiger partial charge in [-0.2, -0.15) is 5.26 Å². The average molecular weight is 139 g/mol. The van der Waals surface area contributed by atoms with Crippen molar-refractivity contribution in [2.75, 3.05) is 0 Å². The van der Waals surface area contributed by atoms with Gasteiger partial charge in [-0.1, -0.05) is 6.08 Å². The quantitative estimate of drug-likeness (QED) is 0.521. The molecule has 0 fully saturated rings. The van der Waals surface area contributed by atoms with Crippen molar-refractivity contribution in [1.82, 2.24) is 0 Å². The monoisotopic (exact) mass is 139 g/mol. The van der Waals surface area contributed by atoms with Crippen molar-refractivity contribution < 1.29 is 0 Å². The molecule has 1 nitrogen and oxygen atoms in total. The predicted octanol–water partition coefficient (Wildman–Crippen LogP) is 2.66. The summed E-state index contributed by atoms with van der Waals surface area (Å²) in [5, 5.41) is 10.4. The van der Waals surface area contributed by atoms with Crippen LogP contribution in [0.3, 0.4) is 0 Å². The Morgan fingerprint density at radius 3 is 3.00 bits per heavy atom. The zero-order valence-corrected chi connectivity index (χ0v) is 6.08. The zero-order chi connectivity index (χ0) is 6.53. The summed E-state index contributed by atoms with van der Waals surface area (Å²) in [5.74, 6) is 0. The van der Waals surface area contributed by atoms with Crippen LogP contribution in [0.2, 0.25) is 0 Å². The van der Waals surface area contributed by atoms with E-state index in [2.05, 4.69) is 11.5 Å². The van der Waals surface area contributed by atoms with Gasteiger partial charge in [0.2, 0.25) is 0 Å². The highest BCUT2D eigenvalue weighted by Crippen LogP contribution is 2.25. The predicted molar refractivity (Wildman–Crippen MR) is 39.8 cm³/mol. The minimum Gasteiger partial charge on any atom is -0.185 e. The van der Waals surface area contributed by atoms with E-state index in [0.717, 1.165) is 6.42 Å². The van der Waals surface area contributed by atoms with Gasteiger partial charge in [-0.05, 0) is 42.4 Å². The summed E-state index contributed by atoms with van der Waals surface area (Å²) in [7, 11) is 0.